The van der Waals surface area contributed by atoms with Crippen LogP contribution in [0.15, 0.2) is 53.4 Å². The Kier molecular flexibility index (Phi) is 5.86. The Labute approximate surface area is 170 Å². The molecular weight excluding hydrogens is 400 g/mol. The van der Waals surface area contributed by atoms with E-state index in [1.165, 1.54) is 22.5 Å². The molecule has 6 nitrogen and oxygen atoms in total. The van der Waals surface area contributed by atoms with Crippen LogP contribution in [-0.4, -0.2) is 33.0 Å². The monoisotopic (exact) mass is 422 g/mol. The third-order valence-corrected chi connectivity index (χ3v) is 6.81. The molecule has 0 unspecified atom stereocenters. The lowest BCUT2D eigenvalue weighted by Crippen LogP contribution is -2.52. The van der Waals surface area contributed by atoms with Gasteiger partial charge >= 0.3 is 0 Å². The SMILES string of the molecule is CC(C)[C@H](C)NC(=O)[C@@H]1CN(S(=O)(=O)c2ccccc2)c2cc(Cl)ccc2O1. The summed E-state index contributed by atoms with van der Waals surface area (Å²) in [5, 5.41) is 3.27. The molecule has 1 heterocycles. The van der Waals surface area contributed by atoms with E-state index in [1.54, 1.807) is 30.3 Å². The number of benzene rings is 2. The van der Waals surface area contributed by atoms with E-state index in [0.29, 0.717) is 16.5 Å². The number of hydrogen-bond acceptors (Lipinski definition) is 4. The number of fused-ring (bicyclic) bond motifs is 1. The van der Waals surface area contributed by atoms with E-state index in [0.717, 1.165) is 0 Å². The molecule has 1 amide bonds. The van der Waals surface area contributed by atoms with Crippen LogP contribution in [0.1, 0.15) is 20.8 Å². The minimum Gasteiger partial charge on any atom is -0.476 e. The van der Waals surface area contributed by atoms with Crippen molar-refractivity contribution in [3.63, 3.8) is 0 Å². The molecule has 0 fully saturated rings. The minimum absolute atomic E-state index is 0.0677. The van der Waals surface area contributed by atoms with Crippen LogP contribution in [-0.2, 0) is 14.8 Å². The van der Waals surface area contributed by atoms with Gasteiger partial charge < -0.3 is 10.1 Å². The van der Waals surface area contributed by atoms with Crippen molar-refractivity contribution in [2.75, 3.05) is 10.8 Å². The first kappa shape index (κ1) is 20.5. The average molecular weight is 423 g/mol. The van der Waals surface area contributed by atoms with Crippen LogP contribution in [0.3, 0.4) is 0 Å². The molecule has 0 aliphatic carbocycles. The van der Waals surface area contributed by atoms with Crippen LogP contribution in [0.25, 0.3) is 0 Å². The van der Waals surface area contributed by atoms with Gasteiger partial charge in [-0.25, -0.2) is 8.42 Å². The fourth-order valence-electron chi connectivity index (χ4n) is 2.79. The van der Waals surface area contributed by atoms with Gasteiger partial charge in [-0.2, -0.15) is 0 Å². The fraction of sp³-hybridized carbons (Fsp3) is 0.350. The number of rotatable bonds is 5. The van der Waals surface area contributed by atoms with E-state index in [2.05, 4.69) is 5.32 Å². The summed E-state index contributed by atoms with van der Waals surface area (Å²) in [7, 11) is -3.89. The number of hydrogen-bond donors (Lipinski definition) is 1. The van der Waals surface area contributed by atoms with Gasteiger partial charge in [-0.3, -0.25) is 9.10 Å². The summed E-state index contributed by atoms with van der Waals surface area (Å²) < 4.78 is 33.5. The maximum Gasteiger partial charge on any atom is 0.264 e. The zero-order valence-electron chi connectivity index (χ0n) is 15.9. The zero-order valence-corrected chi connectivity index (χ0v) is 17.5. The number of carbonyl (C=O) groups is 1. The predicted octanol–water partition coefficient (Wildman–Crippen LogP) is 3.46. The molecular formula is C20H23ClN2O4S. The van der Waals surface area contributed by atoms with Crippen LogP contribution >= 0.6 is 11.6 Å². The molecule has 8 heteroatoms. The highest BCUT2D eigenvalue weighted by atomic mass is 35.5. The summed E-state index contributed by atoms with van der Waals surface area (Å²) in [6, 6.07) is 12.7. The number of sulfonamides is 1. The van der Waals surface area contributed by atoms with Gasteiger partial charge in [0.05, 0.1) is 17.1 Å². The van der Waals surface area contributed by atoms with Gasteiger partial charge in [0.15, 0.2) is 6.10 Å². The molecule has 0 spiro atoms. The van der Waals surface area contributed by atoms with Crippen molar-refractivity contribution in [3.8, 4) is 5.75 Å². The summed E-state index contributed by atoms with van der Waals surface area (Å²) in [5.41, 5.74) is 0.317. The lowest BCUT2D eigenvalue weighted by atomic mass is 10.1. The maximum atomic E-state index is 13.3. The van der Waals surface area contributed by atoms with E-state index in [9.17, 15) is 13.2 Å². The van der Waals surface area contributed by atoms with Gasteiger partial charge in [-0.1, -0.05) is 43.6 Å². The second-order valence-electron chi connectivity index (χ2n) is 7.11. The molecule has 0 radical (unpaired) electrons. The Hall–Kier alpha value is -2.25. The molecule has 150 valence electrons. The van der Waals surface area contributed by atoms with Gasteiger partial charge in [0.1, 0.15) is 5.75 Å². The van der Waals surface area contributed by atoms with E-state index < -0.39 is 16.1 Å². The molecule has 1 N–H and O–H groups in total. The molecule has 0 bridgehead atoms. The second-order valence-corrected chi connectivity index (χ2v) is 9.41. The van der Waals surface area contributed by atoms with E-state index in [1.807, 2.05) is 20.8 Å². The molecule has 1 aliphatic rings. The molecule has 1 aliphatic heterocycles. The van der Waals surface area contributed by atoms with Crippen molar-refractivity contribution < 1.29 is 17.9 Å². The van der Waals surface area contributed by atoms with Crippen molar-refractivity contribution in [2.24, 2.45) is 5.92 Å². The maximum absolute atomic E-state index is 13.3. The van der Waals surface area contributed by atoms with Gasteiger partial charge in [0.25, 0.3) is 15.9 Å². The Morgan fingerprint density at radius 1 is 1.18 bits per heavy atom. The standard InChI is InChI=1S/C20H23ClN2O4S/c1-13(2)14(3)22-20(24)19-12-23(17-11-15(21)9-10-18(17)27-19)28(25,26)16-7-5-4-6-8-16/h4-11,13-14,19H,12H2,1-3H3,(H,22,24)/t14-,19-/m0/s1. The Balaban J connectivity index is 1.99. The van der Waals surface area contributed by atoms with Gasteiger partial charge in [0, 0.05) is 11.1 Å². The van der Waals surface area contributed by atoms with Crippen LogP contribution in [0.5, 0.6) is 5.75 Å². The van der Waals surface area contributed by atoms with Crippen molar-refractivity contribution in [2.45, 2.75) is 37.8 Å². The Morgan fingerprint density at radius 3 is 2.50 bits per heavy atom. The number of ether oxygens (including phenoxy) is 1. The lowest BCUT2D eigenvalue weighted by molar-refractivity contribution is -0.128. The quantitative estimate of drug-likeness (QED) is 0.800. The van der Waals surface area contributed by atoms with Crippen molar-refractivity contribution in [3.05, 3.63) is 53.6 Å². The first-order chi connectivity index (χ1) is 13.2. The summed E-state index contributed by atoms with van der Waals surface area (Å²) in [6.45, 7) is 5.76. The van der Waals surface area contributed by atoms with Crippen LogP contribution in [0.2, 0.25) is 5.02 Å². The summed E-state index contributed by atoms with van der Waals surface area (Å²) >= 11 is 6.08. The molecule has 28 heavy (non-hydrogen) atoms. The van der Waals surface area contributed by atoms with Gasteiger partial charge in [-0.15, -0.1) is 0 Å². The van der Waals surface area contributed by atoms with E-state index >= 15 is 0 Å². The van der Waals surface area contributed by atoms with Crippen molar-refractivity contribution >= 4 is 33.2 Å². The topological polar surface area (TPSA) is 75.7 Å². The lowest BCUT2D eigenvalue weighted by Gasteiger charge is -2.35. The number of anilines is 1. The average Bonchev–Trinajstić information content (AvgIpc) is 2.67. The molecule has 0 saturated carbocycles. The van der Waals surface area contributed by atoms with Gasteiger partial charge in [-0.05, 0) is 43.2 Å². The van der Waals surface area contributed by atoms with Crippen LogP contribution < -0.4 is 14.4 Å². The summed E-state index contributed by atoms with van der Waals surface area (Å²) in [6.07, 6.45) is -0.964. The number of halogens is 1. The third-order valence-electron chi connectivity index (χ3n) is 4.78. The predicted molar refractivity (Wildman–Crippen MR) is 109 cm³/mol. The Bertz CT molecular complexity index is 963. The molecule has 2 atom stereocenters. The number of carbonyl (C=O) groups excluding carboxylic acids is 1. The third kappa shape index (κ3) is 4.10. The summed E-state index contributed by atoms with van der Waals surface area (Å²) in [5.74, 6) is 0.186. The second kappa shape index (κ2) is 8.01. The Morgan fingerprint density at radius 2 is 1.86 bits per heavy atom. The first-order valence-corrected chi connectivity index (χ1v) is 10.9. The number of nitrogens with one attached hydrogen (secondary N) is 1. The first-order valence-electron chi connectivity index (χ1n) is 9.04. The van der Waals surface area contributed by atoms with E-state index in [-0.39, 0.29) is 29.3 Å². The fourth-order valence-corrected chi connectivity index (χ4v) is 4.45. The molecule has 2 aromatic carbocycles. The van der Waals surface area contributed by atoms with Gasteiger partial charge in [0.2, 0.25) is 0 Å². The van der Waals surface area contributed by atoms with E-state index in [4.69, 9.17) is 16.3 Å². The highest BCUT2D eigenvalue weighted by Gasteiger charge is 2.38. The minimum atomic E-state index is -3.89. The molecule has 0 aromatic heterocycles. The number of amides is 1. The molecule has 2 aromatic rings. The smallest absolute Gasteiger partial charge is 0.264 e. The summed E-state index contributed by atoms with van der Waals surface area (Å²) in [4.78, 5) is 12.9. The highest BCUT2D eigenvalue weighted by Crippen LogP contribution is 2.38. The molecule has 0 saturated heterocycles. The molecule has 3 rings (SSSR count). The zero-order chi connectivity index (χ0) is 20.5. The highest BCUT2D eigenvalue weighted by molar-refractivity contribution is 7.92. The number of nitrogens with zero attached hydrogens (tertiary/aromatic N) is 1. The largest absolute Gasteiger partial charge is 0.476 e. The van der Waals surface area contributed by atoms with Crippen molar-refractivity contribution in [1.29, 1.82) is 0 Å². The van der Waals surface area contributed by atoms with Crippen LogP contribution in [0.4, 0.5) is 5.69 Å². The van der Waals surface area contributed by atoms with Crippen LogP contribution in [0, 0.1) is 5.92 Å². The van der Waals surface area contributed by atoms with Crippen molar-refractivity contribution in [1.82, 2.24) is 5.32 Å². The normalized spacial score (nSPS) is 17.6.